The number of hydrogen-bond acceptors (Lipinski definition) is 2. The van der Waals surface area contributed by atoms with Crippen LogP contribution in [-0.2, 0) is 4.79 Å². The summed E-state index contributed by atoms with van der Waals surface area (Å²) in [7, 11) is 0. The average molecular weight is 126 g/mol. The van der Waals surface area contributed by atoms with Crippen molar-refractivity contribution < 1.29 is 4.79 Å². The number of terminal acetylenes is 1. The molecule has 0 amide bonds. The molecule has 0 radical (unpaired) electrons. The van der Waals surface area contributed by atoms with E-state index in [4.69, 9.17) is 6.42 Å². The van der Waals surface area contributed by atoms with Crippen molar-refractivity contribution in [3.8, 4) is 12.3 Å². The third kappa shape index (κ3) is 0.873. The van der Waals surface area contributed by atoms with Gasteiger partial charge in [0, 0.05) is 17.4 Å². The van der Waals surface area contributed by atoms with Crippen LogP contribution in [0.15, 0.2) is 0 Å². The van der Waals surface area contributed by atoms with E-state index < -0.39 is 0 Å². The molecule has 0 aromatic rings. The number of Topliss-reactive ketones (excluding diaryl/α,β-unsaturated/α-hetero) is 1. The SMILES string of the molecule is C#CC(=O)C1CSC1. The summed E-state index contributed by atoms with van der Waals surface area (Å²) in [5, 5.41) is 0. The molecule has 0 unspecified atom stereocenters. The van der Waals surface area contributed by atoms with E-state index in [1.165, 1.54) is 0 Å². The van der Waals surface area contributed by atoms with Gasteiger partial charge in [-0.1, -0.05) is 0 Å². The normalized spacial score (nSPS) is 18.9. The van der Waals surface area contributed by atoms with E-state index >= 15 is 0 Å². The second-order valence-electron chi connectivity index (χ2n) is 1.74. The highest BCUT2D eigenvalue weighted by molar-refractivity contribution is 8.00. The number of hydrogen-bond donors (Lipinski definition) is 0. The van der Waals surface area contributed by atoms with Crippen LogP contribution < -0.4 is 0 Å². The lowest BCUT2D eigenvalue weighted by Crippen LogP contribution is -2.25. The van der Waals surface area contributed by atoms with Crippen molar-refractivity contribution in [1.82, 2.24) is 0 Å². The van der Waals surface area contributed by atoms with Gasteiger partial charge in [0.2, 0.25) is 5.78 Å². The molecule has 1 aliphatic heterocycles. The molecule has 0 aromatic heterocycles. The summed E-state index contributed by atoms with van der Waals surface area (Å²) in [5.41, 5.74) is 0. The van der Waals surface area contributed by atoms with Crippen LogP contribution in [0.2, 0.25) is 0 Å². The minimum atomic E-state index is -0.0243. The number of thioether (sulfide) groups is 1. The third-order valence-electron chi connectivity index (χ3n) is 1.15. The lowest BCUT2D eigenvalue weighted by atomic mass is 10.1. The monoisotopic (exact) mass is 126 g/mol. The Morgan fingerprint density at radius 3 is 2.50 bits per heavy atom. The smallest absolute Gasteiger partial charge is 0.209 e. The molecule has 42 valence electrons. The number of ketones is 1. The van der Waals surface area contributed by atoms with E-state index in [1.54, 1.807) is 11.8 Å². The van der Waals surface area contributed by atoms with E-state index in [9.17, 15) is 4.79 Å². The van der Waals surface area contributed by atoms with Crippen LogP contribution in [0.4, 0.5) is 0 Å². The first-order chi connectivity index (χ1) is 3.84. The molecular formula is C6H6OS. The van der Waals surface area contributed by atoms with E-state index in [2.05, 4.69) is 5.92 Å². The molecule has 1 aliphatic rings. The molecule has 8 heavy (non-hydrogen) atoms. The van der Waals surface area contributed by atoms with Gasteiger partial charge in [-0.3, -0.25) is 4.79 Å². The molecule has 1 saturated heterocycles. The third-order valence-corrected chi connectivity index (χ3v) is 2.43. The molecule has 0 atom stereocenters. The van der Waals surface area contributed by atoms with Gasteiger partial charge >= 0.3 is 0 Å². The van der Waals surface area contributed by atoms with E-state index in [0.29, 0.717) is 0 Å². The van der Waals surface area contributed by atoms with E-state index in [-0.39, 0.29) is 11.7 Å². The molecule has 1 nitrogen and oxygen atoms in total. The van der Waals surface area contributed by atoms with Gasteiger partial charge in [0.25, 0.3) is 0 Å². The first-order valence-electron chi connectivity index (χ1n) is 2.43. The molecular weight excluding hydrogens is 120 g/mol. The molecule has 0 N–H and O–H groups in total. The Hall–Kier alpha value is -0.420. The van der Waals surface area contributed by atoms with Crippen molar-refractivity contribution in [2.45, 2.75) is 0 Å². The van der Waals surface area contributed by atoms with Crippen molar-refractivity contribution in [3.05, 3.63) is 0 Å². The zero-order valence-corrected chi connectivity index (χ0v) is 5.20. The van der Waals surface area contributed by atoms with Crippen LogP contribution in [-0.4, -0.2) is 17.3 Å². The first kappa shape index (κ1) is 5.71. The van der Waals surface area contributed by atoms with Gasteiger partial charge in [0.05, 0.1) is 0 Å². The number of rotatable bonds is 1. The zero-order chi connectivity index (χ0) is 5.98. The summed E-state index contributed by atoms with van der Waals surface area (Å²) < 4.78 is 0. The Morgan fingerprint density at radius 1 is 1.75 bits per heavy atom. The summed E-state index contributed by atoms with van der Waals surface area (Å²) in [6, 6.07) is 0. The summed E-state index contributed by atoms with van der Waals surface area (Å²) in [6.45, 7) is 0. The Morgan fingerprint density at radius 2 is 2.38 bits per heavy atom. The van der Waals surface area contributed by atoms with Crippen LogP contribution >= 0.6 is 11.8 Å². The van der Waals surface area contributed by atoms with Gasteiger partial charge in [-0.2, -0.15) is 11.8 Å². The quantitative estimate of drug-likeness (QED) is 0.377. The van der Waals surface area contributed by atoms with Gasteiger partial charge in [0.15, 0.2) is 0 Å². The van der Waals surface area contributed by atoms with E-state index in [0.717, 1.165) is 11.5 Å². The minimum Gasteiger partial charge on any atom is -0.285 e. The summed E-state index contributed by atoms with van der Waals surface area (Å²) in [6.07, 6.45) is 4.87. The maximum atomic E-state index is 10.5. The predicted octanol–water partition coefficient (Wildman–Crippen LogP) is 0.552. The summed E-state index contributed by atoms with van der Waals surface area (Å²) in [5.74, 6) is 4.14. The van der Waals surface area contributed by atoms with Crippen LogP contribution in [0.1, 0.15) is 0 Å². The highest BCUT2D eigenvalue weighted by Gasteiger charge is 2.23. The second-order valence-corrected chi connectivity index (χ2v) is 2.82. The van der Waals surface area contributed by atoms with Crippen LogP contribution in [0.3, 0.4) is 0 Å². The second kappa shape index (κ2) is 2.23. The van der Waals surface area contributed by atoms with Crippen molar-refractivity contribution >= 4 is 17.5 Å². The maximum absolute atomic E-state index is 10.5. The predicted molar refractivity (Wildman–Crippen MR) is 34.7 cm³/mol. The fourth-order valence-electron chi connectivity index (χ4n) is 0.505. The zero-order valence-electron chi connectivity index (χ0n) is 4.39. The first-order valence-corrected chi connectivity index (χ1v) is 3.58. The number of carbonyl (C=O) groups is 1. The lowest BCUT2D eigenvalue weighted by molar-refractivity contribution is -0.116. The van der Waals surface area contributed by atoms with Gasteiger partial charge in [0.1, 0.15) is 0 Å². The van der Waals surface area contributed by atoms with Gasteiger partial charge in [-0.05, 0) is 5.92 Å². The fourth-order valence-corrected chi connectivity index (χ4v) is 1.28. The van der Waals surface area contributed by atoms with Gasteiger partial charge < -0.3 is 0 Å². The van der Waals surface area contributed by atoms with Crippen LogP contribution in [0.25, 0.3) is 0 Å². The molecule has 0 saturated carbocycles. The maximum Gasteiger partial charge on any atom is 0.209 e. The largest absolute Gasteiger partial charge is 0.285 e. The number of carbonyl (C=O) groups excluding carboxylic acids is 1. The topological polar surface area (TPSA) is 17.1 Å². The summed E-state index contributed by atoms with van der Waals surface area (Å²) >= 11 is 1.77. The Labute approximate surface area is 52.8 Å². The highest BCUT2D eigenvalue weighted by atomic mass is 32.2. The van der Waals surface area contributed by atoms with Crippen molar-refractivity contribution in [1.29, 1.82) is 0 Å². The van der Waals surface area contributed by atoms with Crippen molar-refractivity contribution in [2.75, 3.05) is 11.5 Å². The van der Waals surface area contributed by atoms with Crippen molar-refractivity contribution in [3.63, 3.8) is 0 Å². The van der Waals surface area contributed by atoms with Gasteiger partial charge in [-0.15, -0.1) is 6.42 Å². The molecule has 0 aromatic carbocycles. The van der Waals surface area contributed by atoms with Gasteiger partial charge in [-0.25, -0.2) is 0 Å². The fraction of sp³-hybridized carbons (Fsp3) is 0.500. The highest BCUT2D eigenvalue weighted by Crippen LogP contribution is 2.24. The summed E-state index contributed by atoms with van der Waals surface area (Å²) in [4.78, 5) is 10.5. The average Bonchev–Trinajstić information content (AvgIpc) is 1.62. The Bertz CT molecular complexity index is 141. The Kier molecular flexibility index (Phi) is 1.59. The van der Waals surface area contributed by atoms with Crippen LogP contribution in [0.5, 0.6) is 0 Å². The minimum absolute atomic E-state index is 0.0243. The molecule has 1 rings (SSSR count). The molecule has 1 heterocycles. The molecule has 1 fully saturated rings. The molecule has 2 heteroatoms. The van der Waals surface area contributed by atoms with E-state index in [1.807, 2.05) is 0 Å². The molecule has 0 aliphatic carbocycles. The lowest BCUT2D eigenvalue weighted by Gasteiger charge is -2.20. The Balaban J connectivity index is 2.37. The van der Waals surface area contributed by atoms with Crippen molar-refractivity contribution in [2.24, 2.45) is 5.92 Å². The molecule has 0 spiro atoms. The molecule has 0 bridgehead atoms. The standard InChI is InChI=1S/C6H6OS/c1-2-6(7)5-3-8-4-5/h1,5H,3-4H2. The van der Waals surface area contributed by atoms with Crippen LogP contribution in [0, 0.1) is 18.3 Å².